The highest BCUT2D eigenvalue weighted by Gasteiger charge is 2.04. The van der Waals surface area contributed by atoms with Crippen molar-refractivity contribution < 1.29 is 0 Å². The van der Waals surface area contributed by atoms with E-state index < -0.39 is 0 Å². The SMILES string of the molecule is Nc1cncnc1-c1cscn1. The van der Waals surface area contributed by atoms with Crippen LogP contribution >= 0.6 is 11.3 Å². The quantitative estimate of drug-likeness (QED) is 0.712. The topological polar surface area (TPSA) is 64.7 Å². The molecule has 0 aliphatic carbocycles. The van der Waals surface area contributed by atoms with Crippen LogP contribution in [0.25, 0.3) is 11.4 Å². The van der Waals surface area contributed by atoms with Crippen LogP contribution in [-0.4, -0.2) is 15.0 Å². The molecular weight excluding hydrogens is 172 g/mol. The summed E-state index contributed by atoms with van der Waals surface area (Å²) in [5, 5.41) is 1.90. The Hall–Kier alpha value is -1.49. The van der Waals surface area contributed by atoms with Crippen LogP contribution in [0.3, 0.4) is 0 Å². The molecule has 0 spiro atoms. The van der Waals surface area contributed by atoms with E-state index in [-0.39, 0.29) is 0 Å². The van der Waals surface area contributed by atoms with E-state index in [2.05, 4.69) is 15.0 Å². The lowest BCUT2D eigenvalue weighted by Crippen LogP contribution is -1.93. The van der Waals surface area contributed by atoms with E-state index in [0.717, 1.165) is 5.69 Å². The van der Waals surface area contributed by atoms with Gasteiger partial charge >= 0.3 is 0 Å². The Kier molecular flexibility index (Phi) is 1.71. The van der Waals surface area contributed by atoms with E-state index in [0.29, 0.717) is 11.4 Å². The van der Waals surface area contributed by atoms with Gasteiger partial charge in [0, 0.05) is 5.38 Å². The van der Waals surface area contributed by atoms with Crippen LogP contribution in [0.5, 0.6) is 0 Å². The summed E-state index contributed by atoms with van der Waals surface area (Å²) in [6.07, 6.45) is 3.03. The molecule has 0 radical (unpaired) electrons. The molecule has 0 aromatic carbocycles. The standard InChI is InChI=1S/C7H6N4S/c8-5-1-9-3-10-7(5)6-2-12-4-11-6/h1-4H,8H2. The van der Waals surface area contributed by atoms with Crippen molar-refractivity contribution in [1.82, 2.24) is 15.0 Å². The maximum Gasteiger partial charge on any atom is 0.116 e. The molecule has 2 rings (SSSR count). The number of hydrogen-bond donors (Lipinski definition) is 1. The van der Waals surface area contributed by atoms with Crippen LogP contribution in [0.1, 0.15) is 0 Å². The van der Waals surface area contributed by atoms with E-state index in [4.69, 9.17) is 5.73 Å². The van der Waals surface area contributed by atoms with Gasteiger partial charge in [0.2, 0.25) is 0 Å². The fourth-order valence-corrected chi connectivity index (χ4v) is 1.42. The Morgan fingerprint density at radius 1 is 1.33 bits per heavy atom. The molecule has 0 aliphatic heterocycles. The third-order valence-corrected chi connectivity index (χ3v) is 2.00. The average Bonchev–Trinajstić information content (AvgIpc) is 2.57. The minimum Gasteiger partial charge on any atom is -0.396 e. The molecule has 0 bridgehead atoms. The summed E-state index contributed by atoms with van der Waals surface area (Å²) in [6, 6.07) is 0. The van der Waals surface area contributed by atoms with Gasteiger partial charge in [-0.15, -0.1) is 11.3 Å². The van der Waals surface area contributed by atoms with Crippen LogP contribution in [0.4, 0.5) is 5.69 Å². The molecule has 0 aliphatic rings. The van der Waals surface area contributed by atoms with Crippen molar-refractivity contribution in [2.24, 2.45) is 0 Å². The van der Waals surface area contributed by atoms with E-state index >= 15 is 0 Å². The molecule has 0 atom stereocenters. The van der Waals surface area contributed by atoms with E-state index in [1.165, 1.54) is 17.7 Å². The van der Waals surface area contributed by atoms with Crippen LogP contribution in [0.2, 0.25) is 0 Å². The van der Waals surface area contributed by atoms with Crippen LogP contribution in [0.15, 0.2) is 23.4 Å². The van der Waals surface area contributed by atoms with E-state index in [1.54, 1.807) is 11.7 Å². The zero-order chi connectivity index (χ0) is 8.39. The zero-order valence-corrected chi connectivity index (χ0v) is 6.95. The molecule has 60 valence electrons. The highest BCUT2D eigenvalue weighted by Crippen LogP contribution is 2.20. The Labute approximate surface area is 73.1 Å². The second-order valence-electron chi connectivity index (χ2n) is 2.20. The first kappa shape index (κ1) is 7.17. The van der Waals surface area contributed by atoms with Crippen molar-refractivity contribution in [3.05, 3.63) is 23.4 Å². The lowest BCUT2D eigenvalue weighted by atomic mass is 10.3. The molecule has 2 heterocycles. The van der Waals surface area contributed by atoms with Crippen molar-refractivity contribution in [3.8, 4) is 11.4 Å². The van der Waals surface area contributed by atoms with E-state index in [9.17, 15) is 0 Å². The fraction of sp³-hybridized carbons (Fsp3) is 0. The predicted molar refractivity (Wildman–Crippen MR) is 47.6 cm³/mol. The molecule has 2 N–H and O–H groups in total. The minimum absolute atomic E-state index is 0.559. The molecule has 0 unspecified atom stereocenters. The summed E-state index contributed by atoms with van der Waals surface area (Å²) in [7, 11) is 0. The first-order chi connectivity index (χ1) is 5.88. The molecular formula is C7H6N4S. The van der Waals surface area contributed by atoms with Gasteiger partial charge in [0.05, 0.1) is 17.4 Å². The van der Waals surface area contributed by atoms with Gasteiger partial charge < -0.3 is 5.73 Å². The number of thiazole rings is 1. The van der Waals surface area contributed by atoms with Gasteiger partial charge in [-0.25, -0.2) is 15.0 Å². The maximum atomic E-state index is 5.65. The number of nitrogens with zero attached hydrogens (tertiary/aromatic N) is 3. The molecule has 0 amide bonds. The minimum atomic E-state index is 0.559. The highest BCUT2D eigenvalue weighted by atomic mass is 32.1. The number of anilines is 1. The number of aromatic nitrogens is 3. The van der Waals surface area contributed by atoms with Gasteiger partial charge in [-0.1, -0.05) is 0 Å². The van der Waals surface area contributed by atoms with Crippen molar-refractivity contribution in [2.75, 3.05) is 5.73 Å². The van der Waals surface area contributed by atoms with Gasteiger partial charge in [0.1, 0.15) is 17.7 Å². The molecule has 2 aromatic heterocycles. The van der Waals surface area contributed by atoms with Gasteiger partial charge in [-0.2, -0.15) is 0 Å². The van der Waals surface area contributed by atoms with Crippen molar-refractivity contribution in [2.45, 2.75) is 0 Å². The second kappa shape index (κ2) is 2.86. The number of rotatable bonds is 1. The van der Waals surface area contributed by atoms with Crippen molar-refractivity contribution in [3.63, 3.8) is 0 Å². The predicted octanol–water partition coefficient (Wildman–Crippen LogP) is 1.18. The third-order valence-electron chi connectivity index (χ3n) is 1.42. The molecule has 4 nitrogen and oxygen atoms in total. The maximum absolute atomic E-state index is 5.65. The Morgan fingerprint density at radius 2 is 2.25 bits per heavy atom. The monoisotopic (exact) mass is 178 g/mol. The number of nitrogens with two attached hydrogens (primary N) is 1. The Balaban J connectivity index is 2.55. The molecule has 0 saturated heterocycles. The van der Waals surface area contributed by atoms with Crippen LogP contribution in [-0.2, 0) is 0 Å². The summed E-state index contributed by atoms with van der Waals surface area (Å²) >= 11 is 1.52. The fourth-order valence-electron chi connectivity index (χ4n) is 0.884. The molecule has 0 saturated carbocycles. The first-order valence-corrected chi connectivity index (χ1v) is 4.26. The van der Waals surface area contributed by atoms with Gasteiger partial charge in [-0.3, -0.25) is 0 Å². The summed E-state index contributed by atoms with van der Waals surface area (Å²) in [6.45, 7) is 0. The van der Waals surface area contributed by atoms with Gasteiger partial charge in [-0.05, 0) is 0 Å². The van der Waals surface area contributed by atoms with Gasteiger partial charge in [0.25, 0.3) is 0 Å². The lowest BCUT2D eigenvalue weighted by Gasteiger charge is -1.97. The van der Waals surface area contributed by atoms with Crippen molar-refractivity contribution >= 4 is 17.0 Å². The summed E-state index contributed by atoms with van der Waals surface area (Å²) < 4.78 is 0. The normalized spacial score (nSPS) is 10.0. The van der Waals surface area contributed by atoms with Crippen LogP contribution in [0, 0.1) is 0 Å². The highest BCUT2D eigenvalue weighted by molar-refractivity contribution is 7.07. The Morgan fingerprint density at radius 3 is 2.92 bits per heavy atom. The zero-order valence-electron chi connectivity index (χ0n) is 6.14. The summed E-state index contributed by atoms with van der Waals surface area (Å²) in [5.74, 6) is 0. The van der Waals surface area contributed by atoms with Crippen LogP contribution < -0.4 is 5.73 Å². The first-order valence-electron chi connectivity index (χ1n) is 3.32. The molecule has 0 fully saturated rings. The number of hydrogen-bond acceptors (Lipinski definition) is 5. The van der Waals surface area contributed by atoms with Gasteiger partial charge in [0.15, 0.2) is 0 Å². The Bertz CT molecular complexity index is 371. The summed E-state index contributed by atoms with van der Waals surface area (Å²) in [4.78, 5) is 11.9. The average molecular weight is 178 g/mol. The van der Waals surface area contributed by atoms with Crippen molar-refractivity contribution in [1.29, 1.82) is 0 Å². The lowest BCUT2D eigenvalue weighted by molar-refractivity contribution is 1.16. The largest absolute Gasteiger partial charge is 0.396 e. The molecule has 2 aromatic rings. The summed E-state index contributed by atoms with van der Waals surface area (Å²) in [5.41, 5.74) is 9.46. The number of nitrogen functional groups attached to an aromatic ring is 1. The smallest absolute Gasteiger partial charge is 0.116 e. The second-order valence-corrected chi connectivity index (χ2v) is 2.92. The molecule has 12 heavy (non-hydrogen) atoms. The third kappa shape index (κ3) is 1.14. The van der Waals surface area contributed by atoms with E-state index in [1.807, 2.05) is 5.38 Å². The molecule has 5 heteroatoms.